The summed E-state index contributed by atoms with van der Waals surface area (Å²) in [5.41, 5.74) is 14.0. The predicted octanol–water partition coefficient (Wildman–Crippen LogP) is 1.39. The predicted molar refractivity (Wildman–Crippen MR) is 84.3 cm³/mol. The summed E-state index contributed by atoms with van der Waals surface area (Å²) in [5, 5.41) is 3.52. The van der Waals surface area contributed by atoms with Gasteiger partial charge in [-0.15, -0.1) is 0 Å². The molecule has 1 saturated heterocycles. The minimum Gasteiger partial charge on any atom is -0.348 e. The van der Waals surface area contributed by atoms with Crippen LogP contribution in [0.2, 0.25) is 5.02 Å². The van der Waals surface area contributed by atoms with Gasteiger partial charge in [0.25, 0.3) is 5.91 Å². The normalized spacial score (nSPS) is 15.0. The van der Waals surface area contributed by atoms with Gasteiger partial charge >= 0.3 is 0 Å². The summed E-state index contributed by atoms with van der Waals surface area (Å²) in [6.45, 7) is 0.403. The highest BCUT2D eigenvalue weighted by Gasteiger charge is 2.15. The van der Waals surface area contributed by atoms with E-state index in [-0.39, 0.29) is 12.1 Å². The standard InChI is InChI=1S/C15H16ClN5O/c16-13-4-2-1-3-12(13)9-17-15(22)11-7-5-10(6-8-11)14-18-20-21-19-14/h1-8,14,18-21H,9H2,(H,17,22). The molecule has 0 aliphatic carbocycles. The Kier molecular flexibility index (Phi) is 4.67. The summed E-state index contributed by atoms with van der Waals surface area (Å²) in [6, 6.07) is 14.8. The highest BCUT2D eigenvalue weighted by Crippen LogP contribution is 2.15. The number of hydrogen-bond donors (Lipinski definition) is 5. The molecule has 0 unspecified atom stereocenters. The number of nitrogens with one attached hydrogen (secondary N) is 5. The molecule has 6 nitrogen and oxygen atoms in total. The monoisotopic (exact) mass is 317 g/mol. The molecule has 3 rings (SSSR count). The van der Waals surface area contributed by atoms with Gasteiger partial charge in [-0.25, -0.2) is 10.9 Å². The van der Waals surface area contributed by atoms with E-state index in [1.165, 1.54) is 0 Å². The second-order valence-electron chi connectivity index (χ2n) is 4.87. The van der Waals surface area contributed by atoms with E-state index < -0.39 is 0 Å². The van der Waals surface area contributed by atoms with Crippen molar-refractivity contribution in [1.82, 2.24) is 27.2 Å². The molecule has 0 atom stereocenters. The van der Waals surface area contributed by atoms with Crippen molar-refractivity contribution >= 4 is 17.5 Å². The first-order valence-corrected chi connectivity index (χ1v) is 7.24. The molecule has 7 heteroatoms. The zero-order valence-electron chi connectivity index (χ0n) is 11.7. The Hall–Kier alpha value is -1.96. The Bertz CT molecular complexity index is 655. The molecule has 0 bridgehead atoms. The highest BCUT2D eigenvalue weighted by molar-refractivity contribution is 6.31. The molecule has 0 saturated carbocycles. The van der Waals surface area contributed by atoms with Gasteiger partial charge in [0.05, 0.1) is 0 Å². The maximum Gasteiger partial charge on any atom is 0.251 e. The molecule has 0 spiro atoms. The van der Waals surface area contributed by atoms with E-state index in [1.54, 1.807) is 12.1 Å². The van der Waals surface area contributed by atoms with Gasteiger partial charge in [0.2, 0.25) is 0 Å². The second kappa shape index (κ2) is 6.87. The maximum absolute atomic E-state index is 12.2. The first-order valence-electron chi connectivity index (χ1n) is 6.86. The Balaban J connectivity index is 1.61. The van der Waals surface area contributed by atoms with E-state index in [4.69, 9.17) is 11.6 Å². The Labute approximate surface area is 133 Å². The van der Waals surface area contributed by atoms with E-state index in [0.29, 0.717) is 17.1 Å². The van der Waals surface area contributed by atoms with Gasteiger partial charge in [0, 0.05) is 17.1 Å². The second-order valence-corrected chi connectivity index (χ2v) is 5.27. The van der Waals surface area contributed by atoms with Gasteiger partial charge in [-0.05, 0) is 29.3 Å². The molecule has 0 aromatic heterocycles. The van der Waals surface area contributed by atoms with E-state index in [1.807, 2.05) is 36.4 Å². The number of hydrogen-bond acceptors (Lipinski definition) is 5. The van der Waals surface area contributed by atoms with Crippen LogP contribution in [-0.2, 0) is 6.54 Å². The van der Waals surface area contributed by atoms with E-state index in [9.17, 15) is 4.79 Å². The zero-order chi connectivity index (χ0) is 15.4. The molecule has 1 aliphatic heterocycles. The molecule has 1 fully saturated rings. The van der Waals surface area contributed by atoms with Crippen LogP contribution in [0.3, 0.4) is 0 Å². The first kappa shape index (κ1) is 15.0. The van der Waals surface area contributed by atoms with Crippen molar-refractivity contribution in [1.29, 1.82) is 0 Å². The summed E-state index contributed by atoms with van der Waals surface area (Å²) in [7, 11) is 0. The molecule has 1 aliphatic rings. The smallest absolute Gasteiger partial charge is 0.251 e. The molecule has 114 valence electrons. The van der Waals surface area contributed by atoms with E-state index in [2.05, 4.69) is 27.2 Å². The van der Waals surface area contributed by atoms with Gasteiger partial charge in [0.1, 0.15) is 6.17 Å². The molecule has 22 heavy (non-hydrogen) atoms. The van der Waals surface area contributed by atoms with E-state index in [0.717, 1.165) is 11.1 Å². The lowest BCUT2D eigenvalue weighted by Crippen LogP contribution is -2.33. The summed E-state index contributed by atoms with van der Waals surface area (Å²) in [5.74, 6) is -0.130. The lowest BCUT2D eigenvalue weighted by Gasteiger charge is -2.10. The van der Waals surface area contributed by atoms with Crippen molar-refractivity contribution in [3.8, 4) is 0 Å². The van der Waals surface area contributed by atoms with Gasteiger partial charge < -0.3 is 5.32 Å². The number of amides is 1. The Morgan fingerprint density at radius 1 is 1.05 bits per heavy atom. The van der Waals surface area contributed by atoms with Crippen molar-refractivity contribution in [2.75, 3.05) is 0 Å². The minimum atomic E-state index is -0.130. The molecule has 5 N–H and O–H groups in total. The quantitative estimate of drug-likeness (QED) is 0.589. The average molecular weight is 318 g/mol. The fourth-order valence-electron chi connectivity index (χ4n) is 2.17. The number of carbonyl (C=O) groups is 1. The summed E-state index contributed by atoms with van der Waals surface area (Å²) < 4.78 is 0. The highest BCUT2D eigenvalue weighted by atomic mass is 35.5. The summed E-state index contributed by atoms with van der Waals surface area (Å²) >= 11 is 6.07. The average Bonchev–Trinajstić information content (AvgIpc) is 3.08. The summed E-state index contributed by atoms with van der Waals surface area (Å²) in [4.78, 5) is 12.2. The maximum atomic E-state index is 12.2. The van der Waals surface area contributed by atoms with Gasteiger partial charge in [-0.2, -0.15) is 11.1 Å². The van der Waals surface area contributed by atoms with Crippen molar-refractivity contribution < 1.29 is 4.79 Å². The SMILES string of the molecule is O=C(NCc1ccccc1Cl)c1ccc(C2NNNN2)cc1. The van der Waals surface area contributed by atoms with Crippen molar-refractivity contribution in [2.45, 2.75) is 12.7 Å². The fraction of sp³-hybridized carbons (Fsp3) is 0.133. The topological polar surface area (TPSA) is 77.2 Å². The molecular weight excluding hydrogens is 302 g/mol. The fourth-order valence-corrected chi connectivity index (χ4v) is 2.37. The van der Waals surface area contributed by atoms with Crippen LogP contribution in [0, 0.1) is 0 Å². The number of hydrazine groups is 3. The van der Waals surface area contributed by atoms with Crippen LogP contribution in [0.4, 0.5) is 0 Å². The van der Waals surface area contributed by atoms with Gasteiger partial charge in [0.15, 0.2) is 0 Å². The number of carbonyl (C=O) groups excluding carboxylic acids is 1. The van der Waals surface area contributed by atoms with Gasteiger partial charge in [-0.3, -0.25) is 4.79 Å². The Morgan fingerprint density at radius 3 is 2.41 bits per heavy atom. The number of benzene rings is 2. The number of rotatable bonds is 4. The van der Waals surface area contributed by atoms with Crippen LogP contribution in [0.5, 0.6) is 0 Å². The molecule has 0 radical (unpaired) electrons. The third kappa shape index (κ3) is 3.44. The van der Waals surface area contributed by atoms with Crippen LogP contribution in [0.1, 0.15) is 27.7 Å². The van der Waals surface area contributed by atoms with Crippen molar-refractivity contribution in [3.05, 3.63) is 70.2 Å². The molecule has 1 amide bonds. The number of halogens is 1. The van der Waals surface area contributed by atoms with Crippen molar-refractivity contribution in [3.63, 3.8) is 0 Å². The third-order valence-corrected chi connectivity index (χ3v) is 3.77. The molecular formula is C15H16ClN5O. The lowest BCUT2D eigenvalue weighted by molar-refractivity contribution is 0.0951. The van der Waals surface area contributed by atoms with Crippen LogP contribution < -0.4 is 27.2 Å². The summed E-state index contributed by atoms with van der Waals surface area (Å²) in [6.07, 6.45) is -0.0414. The van der Waals surface area contributed by atoms with Crippen LogP contribution in [-0.4, -0.2) is 5.91 Å². The van der Waals surface area contributed by atoms with Crippen molar-refractivity contribution in [2.24, 2.45) is 0 Å². The van der Waals surface area contributed by atoms with Gasteiger partial charge in [-0.1, -0.05) is 41.9 Å². The van der Waals surface area contributed by atoms with Crippen LogP contribution >= 0.6 is 11.6 Å². The first-order chi connectivity index (χ1) is 10.7. The Morgan fingerprint density at radius 2 is 1.73 bits per heavy atom. The zero-order valence-corrected chi connectivity index (χ0v) is 12.4. The molecule has 2 aromatic carbocycles. The third-order valence-electron chi connectivity index (χ3n) is 3.40. The lowest BCUT2D eigenvalue weighted by atomic mass is 10.1. The largest absolute Gasteiger partial charge is 0.348 e. The molecule has 2 aromatic rings. The minimum absolute atomic E-state index is 0.0414. The van der Waals surface area contributed by atoms with Crippen LogP contribution in [0.25, 0.3) is 0 Å². The molecule has 1 heterocycles. The van der Waals surface area contributed by atoms with Crippen LogP contribution in [0.15, 0.2) is 48.5 Å². The van der Waals surface area contributed by atoms with E-state index >= 15 is 0 Å².